The van der Waals surface area contributed by atoms with Crippen molar-refractivity contribution in [1.29, 1.82) is 0 Å². The zero-order valence-corrected chi connectivity index (χ0v) is 13.9. The zero-order valence-electron chi connectivity index (χ0n) is 13.1. The number of aliphatic hydroxyl groups is 1. The Labute approximate surface area is 127 Å². The smallest absolute Gasteiger partial charge is 0.247 e. The van der Waals surface area contributed by atoms with Crippen molar-refractivity contribution < 1.29 is 17.9 Å². The van der Waals surface area contributed by atoms with Gasteiger partial charge in [-0.15, -0.1) is 0 Å². The fraction of sp³-hybridized carbons (Fsp3) is 0.733. The molecule has 0 bridgehead atoms. The quantitative estimate of drug-likeness (QED) is 0.907. The van der Waals surface area contributed by atoms with E-state index in [-0.39, 0.29) is 17.5 Å². The van der Waals surface area contributed by atoms with Gasteiger partial charge < -0.3 is 9.52 Å². The van der Waals surface area contributed by atoms with E-state index in [9.17, 15) is 13.5 Å². The maximum atomic E-state index is 13.0. The molecule has 0 radical (unpaired) electrons. The van der Waals surface area contributed by atoms with Crippen LogP contribution in [0.1, 0.15) is 56.1 Å². The average Bonchev–Trinajstić information content (AvgIpc) is 2.75. The van der Waals surface area contributed by atoms with Gasteiger partial charge in [-0.3, -0.25) is 0 Å². The summed E-state index contributed by atoms with van der Waals surface area (Å²) in [7, 11) is -3.62. The summed E-state index contributed by atoms with van der Waals surface area (Å²) in [4.78, 5) is 0.162. The second kappa shape index (κ2) is 6.50. The predicted molar refractivity (Wildman–Crippen MR) is 80.5 cm³/mol. The van der Waals surface area contributed by atoms with E-state index in [1.54, 1.807) is 18.2 Å². The fourth-order valence-electron chi connectivity index (χ4n) is 3.34. The van der Waals surface area contributed by atoms with Gasteiger partial charge >= 0.3 is 0 Å². The number of hydrogen-bond acceptors (Lipinski definition) is 4. The van der Waals surface area contributed by atoms with E-state index >= 15 is 0 Å². The molecule has 1 aliphatic carbocycles. The molecule has 0 amide bonds. The van der Waals surface area contributed by atoms with Gasteiger partial charge in [0.05, 0.1) is 6.61 Å². The van der Waals surface area contributed by atoms with Crippen molar-refractivity contribution >= 4 is 10.0 Å². The van der Waals surface area contributed by atoms with Crippen LogP contribution in [0.3, 0.4) is 0 Å². The van der Waals surface area contributed by atoms with Crippen molar-refractivity contribution in [3.8, 4) is 0 Å². The van der Waals surface area contributed by atoms with Crippen molar-refractivity contribution in [1.82, 2.24) is 4.31 Å². The van der Waals surface area contributed by atoms with Crippen LogP contribution in [0.4, 0.5) is 0 Å². The highest BCUT2D eigenvalue weighted by atomic mass is 32.2. The Morgan fingerprint density at radius 2 is 1.81 bits per heavy atom. The molecule has 1 N–H and O–H groups in total. The van der Waals surface area contributed by atoms with Crippen LogP contribution in [-0.4, -0.2) is 30.4 Å². The summed E-state index contributed by atoms with van der Waals surface area (Å²) >= 11 is 0. The minimum Gasteiger partial charge on any atom is -0.465 e. The van der Waals surface area contributed by atoms with Crippen LogP contribution in [-0.2, 0) is 16.6 Å². The first-order valence-electron chi connectivity index (χ1n) is 7.65. The second-order valence-corrected chi connectivity index (χ2v) is 7.51. The number of nitrogens with zero attached hydrogens (tertiary/aromatic N) is 1. The van der Waals surface area contributed by atoms with E-state index < -0.39 is 10.0 Å². The van der Waals surface area contributed by atoms with E-state index in [4.69, 9.17) is 4.42 Å². The Balaban J connectivity index is 2.44. The van der Waals surface area contributed by atoms with Crippen LogP contribution in [0.25, 0.3) is 0 Å². The number of aliphatic hydroxyl groups excluding tert-OH is 1. The fourth-order valence-corrected chi connectivity index (χ4v) is 5.44. The van der Waals surface area contributed by atoms with Crippen LogP contribution in [0, 0.1) is 13.8 Å². The van der Waals surface area contributed by atoms with E-state index in [1.165, 1.54) is 6.42 Å². The minimum atomic E-state index is -3.62. The number of sulfonamides is 1. The summed E-state index contributed by atoms with van der Waals surface area (Å²) in [5.41, 5.74) is 0.391. The molecule has 0 unspecified atom stereocenters. The molecule has 2 rings (SSSR count). The molecular weight excluding hydrogens is 290 g/mol. The Morgan fingerprint density at radius 3 is 2.33 bits per heavy atom. The van der Waals surface area contributed by atoms with Gasteiger partial charge in [-0.2, -0.15) is 4.31 Å². The average molecular weight is 315 g/mol. The lowest BCUT2D eigenvalue weighted by Crippen LogP contribution is -2.41. The summed E-state index contributed by atoms with van der Waals surface area (Å²) in [6.45, 7) is 5.33. The number of aryl methyl sites for hydroxylation is 2. The van der Waals surface area contributed by atoms with Gasteiger partial charge in [-0.05, 0) is 26.7 Å². The minimum absolute atomic E-state index is 0.0647. The first kappa shape index (κ1) is 16.5. The maximum absolute atomic E-state index is 13.0. The largest absolute Gasteiger partial charge is 0.465 e. The third-order valence-corrected chi connectivity index (χ3v) is 6.57. The van der Waals surface area contributed by atoms with Crippen LogP contribution < -0.4 is 0 Å². The zero-order chi connectivity index (χ0) is 15.6. The molecule has 0 spiro atoms. The molecule has 0 saturated heterocycles. The normalized spacial score (nSPS) is 17.6. The summed E-state index contributed by atoms with van der Waals surface area (Å²) < 4.78 is 33.1. The number of furan rings is 1. The molecule has 0 aromatic carbocycles. The van der Waals surface area contributed by atoms with Crippen molar-refractivity contribution in [2.75, 3.05) is 6.54 Å². The molecule has 1 heterocycles. The van der Waals surface area contributed by atoms with Crippen molar-refractivity contribution in [3.63, 3.8) is 0 Å². The topological polar surface area (TPSA) is 70.8 Å². The van der Waals surface area contributed by atoms with E-state index in [0.717, 1.165) is 25.7 Å². The monoisotopic (exact) mass is 315 g/mol. The Morgan fingerprint density at radius 1 is 1.19 bits per heavy atom. The Bertz CT molecular complexity index is 585. The lowest BCUT2D eigenvalue weighted by Gasteiger charge is -2.32. The third kappa shape index (κ3) is 3.03. The highest BCUT2D eigenvalue weighted by Crippen LogP contribution is 2.33. The Hall–Kier alpha value is -0.850. The van der Waals surface area contributed by atoms with Gasteiger partial charge in [-0.25, -0.2) is 8.42 Å². The highest BCUT2D eigenvalue weighted by Gasteiger charge is 2.35. The van der Waals surface area contributed by atoms with E-state index in [2.05, 4.69) is 0 Å². The van der Waals surface area contributed by atoms with E-state index in [0.29, 0.717) is 23.6 Å². The van der Waals surface area contributed by atoms with Gasteiger partial charge in [0.2, 0.25) is 10.0 Å². The SMILES string of the molecule is CCN(C1CCCCC1)S(=O)(=O)c1c(C)oc(C)c1CO. The summed E-state index contributed by atoms with van der Waals surface area (Å²) in [6.07, 6.45) is 5.16. The van der Waals surface area contributed by atoms with Crippen molar-refractivity contribution in [2.45, 2.75) is 70.4 Å². The molecule has 1 aromatic heterocycles. The number of rotatable bonds is 5. The molecule has 1 fully saturated rings. The van der Waals surface area contributed by atoms with Crippen LogP contribution >= 0.6 is 0 Å². The van der Waals surface area contributed by atoms with Gasteiger partial charge in [0, 0.05) is 18.2 Å². The molecule has 0 atom stereocenters. The molecule has 1 aromatic rings. The van der Waals surface area contributed by atoms with Crippen molar-refractivity contribution in [3.05, 3.63) is 17.1 Å². The van der Waals surface area contributed by atoms with Crippen LogP contribution in [0.15, 0.2) is 9.31 Å². The maximum Gasteiger partial charge on any atom is 0.247 e. The molecule has 120 valence electrons. The summed E-state index contributed by atoms with van der Waals surface area (Å²) in [5.74, 6) is 0.846. The molecule has 1 saturated carbocycles. The molecular formula is C15H25NO4S. The second-order valence-electron chi connectivity index (χ2n) is 5.68. The highest BCUT2D eigenvalue weighted by molar-refractivity contribution is 7.89. The lowest BCUT2D eigenvalue weighted by atomic mass is 9.95. The standard InChI is InChI=1S/C15H25NO4S/c1-4-16(13-8-6-5-7-9-13)21(18,19)15-12(3)20-11(2)14(15)10-17/h13,17H,4-10H2,1-3H3. The molecule has 1 aliphatic rings. The van der Waals surface area contributed by atoms with Crippen LogP contribution in [0.2, 0.25) is 0 Å². The van der Waals surface area contributed by atoms with Gasteiger partial charge in [0.15, 0.2) is 0 Å². The van der Waals surface area contributed by atoms with Gasteiger partial charge in [0.25, 0.3) is 0 Å². The Kier molecular flexibility index (Phi) is 5.11. The first-order valence-corrected chi connectivity index (χ1v) is 9.09. The lowest BCUT2D eigenvalue weighted by molar-refractivity contribution is 0.258. The van der Waals surface area contributed by atoms with Gasteiger partial charge in [-0.1, -0.05) is 26.2 Å². The molecule has 0 aliphatic heterocycles. The number of hydrogen-bond donors (Lipinski definition) is 1. The summed E-state index contributed by atoms with van der Waals surface area (Å²) in [5, 5.41) is 9.50. The third-order valence-electron chi connectivity index (χ3n) is 4.34. The molecule has 21 heavy (non-hydrogen) atoms. The predicted octanol–water partition coefficient (Wildman–Crippen LogP) is 2.73. The molecule has 5 nitrogen and oxygen atoms in total. The summed E-state index contributed by atoms with van der Waals surface area (Å²) in [6, 6.07) is 0.0647. The first-order chi connectivity index (χ1) is 9.93. The van der Waals surface area contributed by atoms with Crippen LogP contribution in [0.5, 0.6) is 0 Å². The van der Waals surface area contributed by atoms with Crippen molar-refractivity contribution in [2.24, 2.45) is 0 Å². The molecule has 6 heteroatoms. The van der Waals surface area contributed by atoms with E-state index in [1.807, 2.05) is 6.92 Å². The van der Waals surface area contributed by atoms with Gasteiger partial charge in [0.1, 0.15) is 16.4 Å².